The van der Waals surface area contributed by atoms with Crippen LogP contribution in [0.15, 0.2) is 29.3 Å². The summed E-state index contributed by atoms with van der Waals surface area (Å²) >= 11 is 0. The predicted octanol–water partition coefficient (Wildman–Crippen LogP) is 2.56. The number of esters is 1. The molecule has 2 unspecified atom stereocenters. The van der Waals surface area contributed by atoms with Crippen molar-refractivity contribution in [3.05, 3.63) is 29.8 Å². The van der Waals surface area contributed by atoms with E-state index in [-0.39, 0.29) is 41.8 Å². The van der Waals surface area contributed by atoms with Crippen molar-refractivity contribution in [2.24, 2.45) is 16.8 Å². The molecule has 2 atom stereocenters. The van der Waals surface area contributed by atoms with Crippen LogP contribution >= 0.6 is 24.0 Å². The molecule has 146 valence electrons. The standard InChI is InChI=1S/C19H29N3O3.HI/c1-14-12-22(13-17(14)18(23)25-4)19(20-2)21-10-6-8-15-7-5-9-16(11-15)24-3;/h5,7,9,11,14,17H,6,8,10,12-13H2,1-4H3,(H,20,21);1H. The minimum Gasteiger partial charge on any atom is -0.497 e. The summed E-state index contributed by atoms with van der Waals surface area (Å²) in [6.07, 6.45) is 1.97. The first kappa shape index (κ1) is 22.5. The fraction of sp³-hybridized carbons (Fsp3) is 0.579. The van der Waals surface area contributed by atoms with Gasteiger partial charge >= 0.3 is 5.97 Å². The van der Waals surface area contributed by atoms with Gasteiger partial charge in [0.05, 0.1) is 20.1 Å². The summed E-state index contributed by atoms with van der Waals surface area (Å²) in [7, 11) is 4.91. The van der Waals surface area contributed by atoms with Crippen LogP contribution in [0.4, 0.5) is 0 Å². The number of hydrogen-bond acceptors (Lipinski definition) is 4. The summed E-state index contributed by atoms with van der Waals surface area (Å²) < 4.78 is 10.2. The van der Waals surface area contributed by atoms with Gasteiger partial charge in [-0.1, -0.05) is 19.1 Å². The number of rotatable bonds is 6. The second-order valence-corrected chi connectivity index (χ2v) is 6.44. The number of carbonyl (C=O) groups is 1. The highest BCUT2D eigenvalue weighted by Gasteiger charge is 2.36. The molecule has 0 aliphatic carbocycles. The molecule has 0 saturated carbocycles. The number of methoxy groups -OCH3 is 2. The highest BCUT2D eigenvalue weighted by atomic mass is 127. The summed E-state index contributed by atoms with van der Waals surface area (Å²) in [5.41, 5.74) is 1.26. The molecule has 1 aromatic rings. The third-order valence-electron chi connectivity index (χ3n) is 4.69. The molecule has 0 aromatic heterocycles. The van der Waals surface area contributed by atoms with Crippen molar-refractivity contribution < 1.29 is 14.3 Å². The second kappa shape index (κ2) is 11.3. The Morgan fingerprint density at radius 2 is 2.12 bits per heavy atom. The molecule has 0 amide bonds. The van der Waals surface area contributed by atoms with E-state index in [0.29, 0.717) is 6.54 Å². The minimum atomic E-state index is -0.136. The van der Waals surface area contributed by atoms with Crippen LogP contribution in [0.25, 0.3) is 0 Å². The van der Waals surface area contributed by atoms with Crippen molar-refractivity contribution in [1.29, 1.82) is 0 Å². The molecule has 26 heavy (non-hydrogen) atoms. The first-order chi connectivity index (χ1) is 12.1. The monoisotopic (exact) mass is 475 g/mol. The molecule has 0 bridgehead atoms. The molecule has 6 nitrogen and oxygen atoms in total. The van der Waals surface area contributed by atoms with E-state index >= 15 is 0 Å². The molecule has 1 fully saturated rings. The van der Waals surface area contributed by atoms with Crippen LogP contribution in [0, 0.1) is 11.8 Å². The lowest BCUT2D eigenvalue weighted by Crippen LogP contribution is -2.41. The third-order valence-corrected chi connectivity index (χ3v) is 4.69. The number of halogens is 1. The van der Waals surface area contributed by atoms with Gasteiger partial charge in [0.1, 0.15) is 5.75 Å². The Labute approximate surface area is 173 Å². The molecule has 1 heterocycles. The first-order valence-corrected chi connectivity index (χ1v) is 8.75. The lowest BCUT2D eigenvalue weighted by Gasteiger charge is -2.21. The second-order valence-electron chi connectivity index (χ2n) is 6.44. The van der Waals surface area contributed by atoms with E-state index in [4.69, 9.17) is 9.47 Å². The number of benzene rings is 1. The predicted molar refractivity (Wildman–Crippen MR) is 114 cm³/mol. The summed E-state index contributed by atoms with van der Waals surface area (Å²) in [6, 6.07) is 8.15. The van der Waals surface area contributed by atoms with Crippen molar-refractivity contribution in [2.75, 3.05) is 40.9 Å². The van der Waals surface area contributed by atoms with Gasteiger partial charge in [0, 0.05) is 26.7 Å². The van der Waals surface area contributed by atoms with Crippen molar-refractivity contribution in [3.8, 4) is 5.75 Å². The van der Waals surface area contributed by atoms with Crippen molar-refractivity contribution in [3.63, 3.8) is 0 Å². The van der Waals surface area contributed by atoms with Crippen LogP contribution in [0.1, 0.15) is 18.9 Å². The molecule has 1 N–H and O–H groups in total. The smallest absolute Gasteiger partial charge is 0.310 e. The number of likely N-dealkylation sites (tertiary alicyclic amines) is 1. The Morgan fingerprint density at radius 1 is 1.35 bits per heavy atom. The SMILES string of the molecule is CN=C(NCCCc1cccc(OC)c1)N1CC(C)C(C(=O)OC)C1.I. The van der Waals surface area contributed by atoms with Gasteiger partial charge in [-0.25, -0.2) is 0 Å². The average molecular weight is 475 g/mol. The molecule has 1 aromatic carbocycles. The van der Waals surface area contributed by atoms with Crippen molar-refractivity contribution >= 4 is 35.9 Å². The van der Waals surface area contributed by atoms with Crippen LogP contribution in [-0.2, 0) is 16.0 Å². The first-order valence-electron chi connectivity index (χ1n) is 8.75. The number of nitrogens with zero attached hydrogens (tertiary/aromatic N) is 2. The Bertz CT molecular complexity index is 609. The average Bonchev–Trinajstić information content (AvgIpc) is 3.02. The van der Waals surface area contributed by atoms with Crippen LogP contribution in [-0.4, -0.2) is 57.7 Å². The van der Waals surface area contributed by atoms with E-state index in [1.165, 1.54) is 12.7 Å². The van der Waals surface area contributed by atoms with E-state index in [2.05, 4.69) is 34.3 Å². The topological polar surface area (TPSA) is 63.2 Å². The van der Waals surface area contributed by atoms with Gasteiger partial charge in [0.2, 0.25) is 0 Å². The molecule has 2 rings (SSSR count). The molecular weight excluding hydrogens is 445 g/mol. The number of ether oxygens (including phenoxy) is 2. The van der Waals surface area contributed by atoms with Gasteiger partial charge in [-0.3, -0.25) is 9.79 Å². The van der Waals surface area contributed by atoms with Gasteiger partial charge in [0.15, 0.2) is 5.96 Å². The number of aliphatic imine (C=N–C) groups is 1. The molecule has 1 saturated heterocycles. The highest BCUT2D eigenvalue weighted by molar-refractivity contribution is 14.0. The summed E-state index contributed by atoms with van der Waals surface area (Å²) in [4.78, 5) is 18.3. The zero-order valence-electron chi connectivity index (χ0n) is 16.0. The van der Waals surface area contributed by atoms with Gasteiger partial charge in [-0.2, -0.15) is 0 Å². The maximum absolute atomic E-state index is 11.8. The van der Waals surface area contributed by atoms with Crippen molar-refractivity contribution in [2.45, 2.75) is 19.8 Å². The summed E-state index contributed by atoms with van der Waals surface area (Å²) in [5, 5.41) is 3.40. The van der Waals surface area contributed by atoms with Crippen LogP contribution in [0.5, 0.6) is 5.75 Å². The lowest BCUT2D eigenvalue weighted by molar-refractivity contribution is -0.145. The fourth-order valence-electron chi connectivity index (χ4n) is 3.25. The molecule has 1 aliphatic rings. The van der Waals surface area contributed by atoms with Gasteiger partial charge < -0.3 is 19.7 Å². The van der Waals surface area contributed by atoms with E-state index in [9.17, 15) is 4.79 Å². The Morgan fingerprint density at radius 3 is 2.77 bits per heavy atom. The van der Waals surface area contributed by atoms with Crippen molar-refractivity contribution in [1.82, 2.24) is 10.2 Å². The third kappa shape index (κ3) is 6.03. The largest absolute Gasteiger partial charge is 0.497 e. The van der Waals surface area contributed by atoms with Crippen LogP contribution in [0.2, 0.25) is 0 Å². The number of guanidine groups is 1. The highest BCUT2D eigenvalue weighted by Crippen LogP contribution is 2.24. The Kier molecular flexibility index (Phi) is 9.75. The quantitative estimate of drug-likeness (QED) is 0.225. The van der Waals surface area contributed by atoms with Gasteiger partial charge in [-0.15, -0.1) is 24.0 Å². The summed E-state index contributed by atoms with van der Waals surface area (Å²) in [6.45, 7) is 4.38. The van der Waals surface area contributed by atoms with E-state index in [0.717, 1.165) is 37.6 Å². The zero-order valence-corrected chi connectivity index (χ0v) is 18.4. The van der Waals surface area contributed by atoms with Crippen LogP contribution < -0.4 is 10.1 Å². The Balaban J connectivity index is 0.00000338. The van der Waals surface area contributed by atoms with Gasteiger partial charge in [-0.05, 0) is 36.5 Å². The molecular formula is C19H30IN3O3. The summed E-state index contributed by atoms with van der Waals surface area (Å²) in [5.74, 6) is 1.79. The molecule has 7 heteroatoms. The molecule has 0 spiro atoms. The number of carbonyl (C=O) groups excluding carboxylic acids is 1. The van der Waals surface area contributed by atoms with E-state index < -0.39 is 0 Å². The fourth-order valence-corrected chi connectivity index (χ4v) is 3.25. The maximum atomic E-state index is 11.8. The molecule has 0 radical (unpaired) electrons. The van der Waals surface area contributed by atoms with Crippen LogP contribution in [0.3, 0.4) is 0 Å². The number of aryl methyl sites for hydroxylation is 1. The normalized spacial score (nSPS) is 19.7. The lowest BCUT2D eigenvalue weighted by atomic mass is 9.99. The molecule has 1 aliphatic heterocycles. The minimum absolute atomic E-state index is 0. The Hall–Kier alpha value is -1.51. The maximum Gasteiger partial charge on any atom is 0.310 e. The number of hydrogen-bond donors (Lipinski definition) is 1. The zero-order chi connectivity index (χ0) is 18.2. The van der Waals surface area contributed by atoms with E-state index in [1.54, 1.807) is 14.2 Å². The van der Waals surface area contributed by atoms with E-state index in [1.807, 2.05) is 12.1 Å². The van der Waals surface area contributed by atoms with Gasteiger partial charge in [0.25, 0.3) is 0 Å². The number of nitrogens with one attached hydrogen (secondary N) is 1.